The summed E-state index contributed by atoms with van der Waals surface area (Å²) in [5, 5.41) is -0.160. The summed E-state index contributed by atoms with van der Waals surface area (Å²) in [5.41, 5.74) is 6.26. The zero-order valence-electron chi connectivity index (χ0n) is 17.5. The topological polar surface area (TPSA) is 44.5 Å². The fourth-order valence-corrected chi connectivity index (χ4v) is 13.1. The molecule has 0 aliphatic heterocycles. The SMILES string of the molecule is CC[SiH](OC(CC)(CN)[Si](C)(C)C)C(CC)(CC)O[Si](C)(C)C. The first-order chi connectivity index (χ1) is 10.4. The van der Waals surface area contributed by atoms with E-state index in [0.717, 1.165) is 25.3 Å². The van der Waals surface area contributed by atoms with Crippen LogP contribution in [-0.2, 0) is 8.85 Å². The quantitative estimate of drug-likeness (QED) is 0.532. The molecule has 0 aromatic heterocycles. The Morgan fingerprint density at radius 3 is 1.57 bits per heavy atom. The minimum Gasteiger partial charge on any atom is -0.413 e. The normalized spacial score (nSPS) is 17.9. The summed E-state index contributed by atoms with van der Waals surface area (Å²) in [7, 11) is -4.71. The highest BCUT2D eigenvalue weighted by Gasteiger charge is 2.49. The summed E-state index contributed by atoms with van der Waals surface area (Å²) >= 11 is 0. The van der Waals surface area contributed by atoms with Gasteiger partial charge in [-0.25, -0.2) is 0 Å². The van der Waals surface area contributed by atoms with Gasteiger partial charge in [-0.05, 0) is 44.9 Å². The molecule has 3 nitrogen and oxygen atoms in total. The van der Waals surface area contributed by atoms with E-state index in [0.29, 0.717) is 6.54 Å². The molecule has 0 aliphatic rings. The van der Waals surface area contributed by atoms with Gasteiger partial charge in [0.25, 0.3) is 0 Å². The van der Waals surface area contributed by atoms with Crippen molar-refractivity contribution in [1.82, 2.24) is 0 Å². The van der Waals surface area contributed by atoms with Crippen LogP contribution in [0.4, 0.5) is 0 Å². The molecule has 0 amide bonds. The lowest BCUT2D eigenvalue weighted by Gasteiger charge is -2.50. The molecule has 0 aromatic rings. The van der Waals surface area contributed by atoms with E-state index in [4.69, 9.17) is 14.6 Å². The van der Waals surface area contributed by atoms with Crippen molar-refractivity contribution in [3.8, 4) is 0 Å². The van der Waals surface area contributed by atoms with Crippen LogP contribution >= 0.6 is 0 Å². The van der Waals surface area contributed by atoms with Gasteiger partial charge in [0.1, 0.15) is 0 Å². The molecule has 23 heavy (non-hydrogen) atoms. The molecule has 0 radical (unpaired) electrons. The molecule has 2 unspecified atom stereocenters. The van der Waals surface area contributed by atoms with Crippen LogP contribution in [0.3, 0.4) is 0 Å². The molecule has 0 saturated carbocycles. The molecule has 0 saturated heterocycles. The van der Waals surface area contributed by atoms with Crippen LogP contribution in [0, 0.1) is 0 Å². The molecule has 2 atom stereocenters. The first kappa shape index (κ1) is 23.5. The predicted molar refractivity (Wildman–Crippen MR) is 112 cm³/mol. The molecule has 0 spiro atoms. The molecule has 0 bridgehead atoms. The molecular weight excluding hydrogens is 334 g/mol. The zero-order valence-corrected chi connectivity index (χ0v) is 20.7. The average Bonchev–Trinajstić information content (AvgIpc) is 2.44. The van der Waals surface area contributed by atoms with Gasteiger partial charge in [0.2, 0.25) is 9.04 Å². The predicted octanol–water partition coefficient (Wildman–Crippen LogP) is 4.68. The van der Waals surface area contributed by atoms with Crippen molar-refractivity contribution < 1.29 is 8.85 Å². The third-order valence-electron chi connectivity index (χ3n) is 5.30. The number of hydrogen-bond donors (Lipinski definition) is 1. The van der Waals surface area contributed by atoms with E-state index in [9.17, 15) is 0 Å². The van der Waals surface area contributed by atoms with Gasteiger partial charge in [0.05, 0.1) is 18.5 Å². The van der Waals surface area contributed by atoms with Gasteiger partial charge >= 0.3 is 0 Å². The minimum absolute atomic E-state index is 0.0472. The molecule has 2 N–H and O–H groups in total. The van der Waals surface area contributed by atoms with Crippen molar-refractivity contribution >= 4 is 25.4 Å². The highest BCUT2D eigenvalue weighted by molar-refractivity contribution is 6.80. The van der Waals surface area contributed by atoms with Crippen LogP contribution in [0.2, 0.25) is 45.3 Å². The van der Waals surface area contributed by atoms with Crippen molar-refractivity contribution in [2.75, 3.05) is 6.54 Å². The Kier molecular flexibility index (Phi) is 8.96. The van der Waals surface area contributed by atoms with E-state index in [2.05, 4.69) is 67.0 Å². The molecule has 0 aromatic carbocycles. The van der Waals surface area contributed by atoms with E-state index >= 15 is 0 Å². The standard InChI is InChI=1S/C17H43NO2Si3/c1-11-16(12-2,20-23(8,9)10)21(14-4)19-17(13-3,15-18)22(5,6)7/h21H,11-15,18H2,1-10H3. The van der Waals surface area contributed by atoms with Gasteiger partial charge < -0.3 is 14.6 Å². The number of rotatable bonds is 11. The zero-order chi connectivity index (χ0) is 18.5. The van der Waals surface area contributed by atoms with Crippen LogP contribution in [-0.4, -0.2) is 42.4 Å². The Bertz CT molecular complexity index is 343. The van der Waals surface area contributed by atoms with E-state index in [-0.39, 0.29) is 10.4 Å². The molecular formula is C17H43NO2Si3. The second-order valence-corrected chi connectivity index (χ2v) is 21.7. The van der Waals surface area contributed by atoms with Gasteiger partial charge in [-0.3, -0.25) is 0 Å². The minimum atomic E-state index is -1.62. The molecule has 0 fully saturated rings. The maximum absolute atomic E-state index is 7.02. The van der Waals surface area contributed by atoms with Crippen LogP contribution in [0.15, 0.2) is 0 Å². The average molecular weight is 378 g/mol. The summed E-state index contributed by atoms with van der Waals surface area (Å²) < 4.78 is 13.8. The van der Waals surface area contributed by atoms with E-state index in [1.54, 1.807) is 0 Å². The summed E-state index contributed by atoms with van der Waals surface area (Å²) in [6.45, 7) is 23.8. The maximum atomic E-state index is 7.02. The Balaban J connectivity index is 5.76. The van der Waals surface area contributed by atoms with Crippen molar-refractivity contribution in [3.63, 3.8) is 0 Å². The second-order valence-electron chi connectivity index (χ2n) is 8.80. The Morgan fingerprint density at radius 2 is 1.35 bits per heavy atom. The van der Waals surface area contributed by atoms with Gasteiger partial charge in [-0.1, -0.05) is 47.3 Å². The lowest BCUT2D eigenvalue weighted by atomic mass is 10.2. The Labute approximate surface area is 149 Å². The number of nitrogens with two attached hydrogens (primary N) is 1. The lowest BCUT2D eigenvalue weighted by Crippen LogP contribution is -2.65. The monoisotopic (exact) mass is 377 g/mol. The summed E-state index contributed by atoms with van der Waals surface area (Å²) in [5.74, 6) is 0. The van der Waals surface area contributed by atoms with E-state index in [1.807, 2.05) is 0 Å². The van der Waals surface area contributed by atoms with E-state index in [1.165, 1.54) is 0 Å². The van der Waals surface area contributed by atoms with Crippen molar-refractivity contribution in [2.24, 2.45) is 5.73 Å². The fourth-order valence-electron chi connectivity index (χ4n) is 3.65. The van der Waals surface area contributed by atoms with Crippen LogP contribution in [0.25, 0.3) is 0 Å². The molecule has 0 heterocycles. The molecule has 140 valence electrons. The molecule has 6 heteroatoms. The Hall–Kier alpha value is 0.531. The molecule has 0 rings (SSSR count). The third-order valence-corrected chi connectivity index (χ3v) is 13.8. The number of hydrogen-bond acceptors (Lipinski definition) is 3. The van der Waals surface area contributed by atoms with Crippen LogP contribution in [0.1, 0.15) is 47.0 Å². The van der Waals surface area contributed by atoms with Gasteiger partial charge in [0, 0.05) is 6.54 Å². The van der Waals surface area contributed by atoms with Gasteiger partial charge in [0.15, 0.2) is 8.32 Å². The summed E-state index contributed by atoms with van der Waals surface area (Å²) in [4.78, 5) is 0. The summed E-state index contributed by atoms with van der Waals surface area (Å²) in [6.07, 6.45) is 3.11. The Morgan fingerprint density at radius 1 is 0.870 bits per heavy atom. The largest absolute Gasteiger partial charge is 0.413 e. The summed E-state index contributed by atoms with van der Waals surface area (Å²) in [6, 6.07) is 1.11. The highest BCUT2D eigenvalue weighted by Crippen LogP contribution is 2.36. The third kappa shape index (κ3) is 5.78. The van der Waals surface area contributed by atoms with Crippen LogP contribution in [0.5, 0.6) is 0 Å². The molecule has 0 aliphatic carbocycles. The van der Waals surface area contributed by atoms with Gasteiger partial charge in [-0.2, -0.15) is 0 Å². The van der Waals surface area contributed by atoms with Crippen molar-refractivity contribution in [1.29, 1.82) is 0 Å². The van der Waals surface area contributed by atoms with Crippen LogP contribution < -0.4 is 5.73 Å². The first-order valence-electron chi connectivity index (χ1n) is 9.45. The second kappa shape index (κ2) is 8.76. The van der Waals surface area contributed by atoms with Crippen molar-refractivity contribution in [3.05, 3.63) is 0 Å². The first-order valence-corrected chi connectivity index (χ1v) is 18.2. The fraction of sp³-hybridized carbons (Fsp3) is 1.00. The smallest absolute Gasteiger partial charge is 0.207 e. The lowest BCUT2D eigenvalue weighted by molar-refractivity contribution is 0.0690. The highest BCUT2D eigenvalue weighted by atomic mass is 28.4. The maximum Gasteiger partial charge on any atom is 0.207 e. The van der Waals surface area contributed by atoms with Crippen molar-refractivity contribution in [2.45, 2.75) is 103 Å². The van der Waals surface area contributed by atoms with E-state index < -0.39 is 25.4 Å². The van der Waals surface area contributed by atoms with Gasteiger partial charge in [-0.15, -0.1) is 0 Å².